The highest BCUT2D eigenvalue weighted by molar-refractivity contribution is 5.80. The Balaban J connectivity index is 2.47. The van der Waals surface area contributed by atoms with Crippen molar-refractivity contribution in [1.29, 1.82) is 0 Å². The first-order valence-electron chi connectivity index (χ1n) is 3.42. The molecular weight excluding hydrogens is 132 g/mol. The van der Waals surface area contributed by atoms with Crippen LogP contribution in [-0.4, -0.2) is 29.7 Å². The van der Waals surface area contributed by atoms with Crippen LogP contribution in [-0.2, 0) is 4.79 Å². The molecule has 0 unspecified atom stereocenters. The maximum absolute atomic E-state index is 10.6. The Morgan fingerprint density at radius 3 is 2.80 bits per heavy atom. The zero-order valence-corrected chi connectivity index (χ0v) is 5.71. The lowest BCUT2D eigenvalue weighted by Gasteiger charge is -2.25. The summed E-state index contributed by atoms with van der Waals surface area (Å²) in [5.41, 5.74) is 5.00. The summed E-state index contributed by atoms with van der Waals surface area (Å²) in [6.07, 6.45) is 0.984. The van der Waals surface area contributed by atoms with Gasteiger partial charge in [-0.3, -0.25) is 4.79 Å². The molecule has 1 fully saturated rings. The third-order valence-electron chi connectivity index (χ3n) is 1.73. The number of piperidine rings is 1. The smallest absolute Gasteiger partial charge is 0.237 e. The SMILES string of the molecule is NC(=O)[C@@H]1NCCC[C@@H]1O. The Bertz CT molecular complexity index is 138. The molecule has 4 heteroatoms. The van der Waals surface area contributed by atoms with Crippen molar-refractivity contribution in [3.8, 4) is 0 Å². The summed E-state index contributed by atoms with van der Waals surface area (Å²) >= 11 is 0. The first-order valence-corrected chi connectivity index (χ1v) is 3.42. The Morgan fingerprint density at radius 2 is 2.40 bits per heavy atom. The molecule has 1 amide bonds. The number of hydrogen-bond donors (Lipinski definition) is 3. The Hall–Kier alpha value is -0.610. The fourth-order valence-electron chi connectivity index (χ4n) is 1.16. The topological polar surface area (TPSA) is 75.4 Å². The van der Waals surface area contributed by atoms with Gasteiger partial charge in [0.05, 0.1) is 6.10 Å². The van der Waals surface area contributed by atoms with E-state index in [1.165, 1.54) is 0 Å². The molecule has 0 aromatic heterocycles. The van der Waals surface area contributed by atoms with Crippen LogP contribution in [0.15, 0.2) is 0 Å². The van der Waals surface area contributed by atoms with Gasteiger partial charge in [0.1, 0.15) is 6.04 Å². The second-order valence-corrected chi connectivity index (χ2v) is 2.54. The molecule has 0 spiro atoms. The lowest BCUT2D eigenvalue weighted by molar-refractivity contribution is -0.123. The number of carbonyl (C=O) groups is 1. The molecule has 0 radical (unpaired) electrons. The Morgan fingerprint density at radius 1 is 1.70 bits per heavy atom. The molecule has 1 aliphatic rings. The van der Waals surface area contributed by atoms with Crippen molar-refractivity contribution in [2.24, 2.45) is 5.73 Å². The summed E-state index contributed by atoms with van der Waals surface area (Å²) in [7, 11) is 0. The molecule has 4 nitrogen and oxygen atoms in total. The van der Waals surface area contributed by atoms with Crippen LogP contribution in [0.1, 0.15) is 12.8 Å². The van der Waals surface area contributed by atoms with E-state index in [2.05, 4.69) is 5.32 Å². The van der Waals surface area contributed by atoms with Gasteiger partial charge in [0.25, 0.3) is 0 Å². The minimum Gasteiger partial charge on any atom is -0.391 e. The van der Waals surface area contributed by atoms with Crippen LogP contribution in [0.4, 0.5) is 0 Å². The minimum atomic E-state index is -0.591. The third-order valence-corrected chi connectivity index (χ3v) is 1.73. The van der Waals surface area contributed by atoms with E-state index in [4.69, 9.17) is 5.73 Å². The van der Waals surface area contributed by atoms with Gasteiger partial charge in [-0.1, -0.05) is 0 Å². The highest BCUT2D eigenvalue weighted by atomic mass is 16.3. The van der Waals surface area contributed by atoms with Gasteiger partial charge in [-0.15, -0.1) is 0 Å². The van der Waals surface area contributed by atoms with Crippen molar-refractivity contribution < 1.29 is 9.90 Å². The van der Waals surface area contributed by atoms with Crippen LogP contribution in [0.5, 0.6) is 0 Å². The standard InChI is InChI=1S/C6H12N2O2/c7-6(10)5-4(9)2-1-3-8-5/h4-5,8-9H,1-3H2,(H2,7,10)/t4-,5+/m0/s1. The third kappa shape index (κ3) is 1.46. The summed E-state index contributed by atoms with van der Waals surface area (Å²) in [4.78, 5) is 10.6. The molecule has 0 saturated carbocycles. The molecule has 4 N–H and O–H groups in total. The highest BCUT2D eigenvalue weighted by Crippen LogP contribution is 2.07. The largest absolute Gasteiger partial charge is 0.391 e. The number of aliphatic hydroxyl groups excluding tert-OH is 1. The predicted molar refractivity (Wildman–Crippen MR) is 36.2 cm³/mol. The van der Waals surface area contributed by atoms with Gasteiger partial charge in [-0.2, -0.15) is 0 Å². The molecule has 0 aromatic carbocycles. The van der Waals surface area contributed by atoms with Crippen molar-refractivity contribution in [1.82, 2.24) is 5.32 Å². The van der Waals surface area contributed by atoms with E-state index in [0.717, 1.165) is 13.0 Å². The van der Waals surface area contributed by atoms with E-state index < -0.39 is 18.1 Å². The number of carbonyl (C=O) groups excluding carboxylic acids is 1. The van der Waals surface area contributed by atoms with E-state index in [9.17, 15) is 9.90 Å². The molecule has 0 bridgehead atoms. The van der Waals surface area contributed by atoms with Crippen LogP contribution in [0.3, 0.4) is 0 Å². The molecule has 2 atom stereocenters. The number of hydrogen-bond acceptors (Lipinski definition) is 3. The van der Waals surface area contributed by atoms with Gasteiger partial charge in [0.15, 0.2) is 0 Å². The molecule has 1 aliphatic heterocycles. The zero-order chi connectivity index (χ0) is 7.56. The zero-order valence-electron chi connectivity index (χ0n) is 5.71. The number of nitrogens with two attached hydrogens (primary N) is 1. The molecule has 58 valence electrons. The Labute approximate surface area is 59.4 Å². The Kier molecular flexibility index (Phi) is 2.24. The van der Waals surface area contributed by atoms with E-state index in [1.807, 2.05) is 0 Å². The molecule has 0 aliphatic carbocycles. The van der Waals surface area contributed by atoms with E-state index in [1.54, 1.807) is 0 Å². The first-order chi connectivity index (χ1) is 4.72. The van der Waals surface area contributed by atoms with Crippen LogP contribution >= 0.6 is 0 Å². The summed E-state index contributed by atoms with van der Waals surface area (Å²) in [6, 6.07) is -0.534. The average molecular weight is 144 g/mol. The second kappa shape index (κ2) is 2.98. The van der Waals surface area contributed by atoms with E-state index in [0.29, 0.717) is 6.42 Å². The second-order valence-electron chi connectivity index (χ2n) is 2.54. The van der Waals surface area contributed by atoms with Gasteiger partial charge >= 0.3 is 0 Å². The van der Waals surface area contributed by atoms with Crippen molar-refractivity contribution >= 4 is 5.91 Å². The summed E-state index contributed by atoms with van der Waals surface area (Å²) in [5.74, 6) is -0.466. The van der Waals surface area contributed by atoms with E-state index in [-0.39, 0.29) is 0 Å². The monoisotopic (exact) mass is 144 g/mol. The van der Waals surface area contributed by atoms with Gasteiger partial charge in [-0.25, -0.2) is 0 Å². The summed E-state index contributed by atoms with van der Waals surface area (Å²) in [5, 5.41) is 12.0. The molecule has 1 rings (SSSR count). The number of primary amides is 1. The summed E-state index contributed by atoms with van der Waals surface area (Å²) in [6.45, 7) is 0.769. The van der Waals surface area contributed by atoms with Crippen LogP contribution in [0, 0.1) is 0 Å². The maximum Gasteiger partial charge on any atom is 0.237 e. The lowest BCUT2D eigenvalue weighted by Crippen LogP contribution is -2.52. The molecular formula is C6H12N2O2. The number of aliphatic hydroxyl groups is 1. The average Bonchev–Trinajstić information content (AvgIpc) is 1.88. The van der Waals surface area contributed by atoms with Crippen molar-refractivity contribution in [2.45, 2.75) is 25.0 Å². The van der Waals surface area contributed by atoms with Gasteiger partial charge < -0.3 is 16.2 Å². The number of rotatable bonds is 1. The van der Waals surface area contributed by atoms with Gasteiger partial charge in [-0.05, 0) is 19.4 Å². The minimum absolute atomic E-state index is 0.466. The van der Waals surface area contributed by atoms with Crippen molar-refractivity contribution in [3.05, 3.63) is 0 Å². The molecule has 10 heavy (non-hydrogen) atoms. The molecule has 1 saturated heterocycles. The fourth-order valence-corrected chi connectivity index (χ4v) is 1.16. The quantitative estimate of drug-likeness (QED) is 0.423. The maximum atomic E-state index is 10.6. The van der Waals surface area contributed by atoms with Crippen LogP contribution < -0.4 is 11.1 Å². The van der Waals surface area contributed by atoms with Gasteiger partial charge in [0, 0.05) is 0 Å². The first kappa shape index (κ1) is 7.50. The molecule has 1 heterocycles. The van der Waals surface area contributed by atoms with Crippen LogP contribution in [0.2, 0.25) is 0 Å². The molecule has 0 aromatic rings. The number of amides is 1. The fraction of sp³-hybridized carbons (Fsp3) is 0.833. The highest BCUT2D eigenvalue weighted by Gasteiger charge is 2.26. The number of nitrogens with one attached hydrogen (secondary N) is 1. The van der Waals surface area contributed by atoms with Gasteiger partial charge in [0.2, 0.25) is 5.91 Å². The van der Waals surface area contributed by atoms with Crippen molar-refractivity contribution in [3.63, 3.8) is 0 Å². The summed E-state index contributed by atoms with van der Waals surface area (Å²) < 4.78 is 0. The van der Waals surface area contributed by atoms with Crippen LogP contribution in [0.25, 0.3) is 0 Å². The van der Waals surface area contributed by atoms with E-state index >= 15 is 0 Å². The normalized spacial score (nSPS) is 33.7. The predicted octanol–water partition coefficient (Wildman–Crippen LogP) is -1.42. The van der Waals surface area contributed by atoms with Crippen molar-refractivity contribution in [2.75, 3.05) is 6.54 Å². The lowest BCUT2D eigenvalue weighted by atomic mass is 10.0.